The van der Waals surface area contributed by atoms with E-state index >= 15 is 0 Å². The molecule has 1 rings (SSSR count). The Morgan fingerprint density at radius 3 is 2.50 bits per heavy atom. The van der Waals surface area contributed by atoms with Gasteiger partial charge in [-0.2, -0.15) is 0 Å². The van der Waals surface area contributed by atoms with Gasteiger partial charge in [-0.25, -0.2) is 0 Å². The molecule has 94 valence electrons. The highest BCUT2D eigenvalue weighted by Gasteiger charge is 2.21. The Hall–Kier alpha value is -0.610. The first-order valence-corrected chi connectivity index (χ1v) is 6.12. The fraction of sp³-hybridized carbons (Fsp3) is 0.917. The van der Waals surface area contributed by atoms with Crippen molar-refractivity contribution in [2.24, 2.45) is 11.7 Å². The lowest BCUT2D eigenvalue weighted by Gasteiger charge is -2.29. The van der Waals surface area contributed by atoms with Gasteiger partial charge in [0.25, 0.3) is 0 Å². The van der Waals surface area contributed by atoms with Gasteiger partial charge in [0, 0.05) is 19.1 Å². The average Bonchev–Trinajstić information content (AvgIpc) is 2.21. The minimum Gasteiger partial charge on any atom is -0.462 e. The molecule has 1 aliphatic heterocycles. The second-order valence-corrected chi connectivity index (χ2v) is 5.10. The largest absolute Gasteiger partial charge is 0.462 e. The van der Waals surface area contributed by atoms with E-state index in [4.69, 9.17) is 10.5 Å². The molecule has 1 atom stereocenters. The first-order valence-electron chi connectivity index (χ1n) is 6.12. The van der Waals surface area contributed by atoms with Gasteiger partial charge in [-0.05, 0) is 25.8 Å². The third-order valence-electron chi connectivity index (χ3n) is 3.22. The summed E-state index contributed by atoms with van der Waals surface area (Å²) in [6, 6.07) is -0.0845. The molecule has 1 unspecified atom stereocenters. The molecule has 0 saturated carbocycles. The molecular formula is C12H24N2O2. The summed E-state index contributed by atoms with van der Waals surface area (Å²) in [6.07, 6.45) is 2.32. The van der Waals surface area contributed by atoms with Gasteiger partial charge in [0.2, 0.25) is 0 Å². The summed E-state index contributed by atoms with van der Waals surface area (Å²) in [5.41, 5.74) is 5.84. The predicted octanol–water partition coefficient (Wildman–Crippen LogP) is 0.997. The second kappa shape index (κ2) is 6.21. The van der Waals surface area contributed by atoms with E-state index in [2.05, 4.69) is 11.9 Å². The summed E-state index contributed by atoms with van der Waals surface area (Å²) in [4.78, 5) is 13.8. The van der Waals surface area contributed by atoms with Crippen molar-refractivity contribution in [1.82, 2.24) is 4.90 Å². The number of hydrogen-bond donors (Lipinski definition) is 1. The van der Waals surface area contributed by atoms with Crippen molar-refractivity contribution in [1.29, 1.82) is 0 Å². The van der Waals surface area contributed by atoms with Crippen LogP contribution in [0, 0.1) is 5.92 Å². The topological polar surface area (TPSA) is 55.6 Å². The zero-order chi connectivity index (χ0) is 12.1. The Morgan fingerprint density at radius 1 is 1.44 bits per heavy atom. The summed E-state index contributed by atoms with van der Waals surface area (Å²) >= 11 is 0. The van der Waals surface area contributed by atoms with Crippen LogP contribution in [0.5, 0.6) is 0 Å². The Bertz CT molecular complexity index is 223. The predicted molar refractivity (Wildman–Crippen MR) is 64.0 cm³/mol. The van der Waals surface area contributed by atoms with Crippen LogP contribution < -0.4 is 5.73 Å². The van der Waals surface area contributed by atoms with E-state index in [0.717, 1.165) is 25.9 Å². The van der Waals surface area contributed by atoms with Crippen LogP contribution in [0.2, 0.25) is 0 Å². The van der Waals surface area contributed by atoms with Crippen LogP contribution in [0.4, 0.5) is 0 Å². The third kappa shape index (κ3) is 4.49. The lowest BCUT2D eigenvalue weighted by molar-refractivity contribution is -0.151. The van der Waals surface area contributed by atoms with Gasteiger partial charge in [-0.3, -0.25) is 4.79 Å². The maximum atomic E-state index is 11.6. The first kappa shape index (κ1) is 13.5. The first-order chi connectivity index (χ1) is 7.49. The molecule has 0 aliphatic carbocycles. The highest BCUT2D eigenvalue weighted by Crippen LogP contribution is 2.14. The Labute approximate surface area is 98.1 Å². The van der Waals surface area contributed by atoms with Crippen molar-refractivity contribution in [2.45, 2.75) is 45.3 Å². The van der Waals surface area contributed by atoms with Gasteiger partial charge in [-0.15, -0.1) is 0 Å². The molecule has 1 fully saturated rings. The van der Waals surface area contributed by atoms with Crippen LogP contribution in [0.15, 0.2) is 0 Å². The van der Waals surface area contributed by atoms with Crippen LogP contribution >= 0.6 is 0 Å². The maximum Gasteiger partial charge on any atom is 0.307 e. The van der Waals surface area contributed by atoms with E-state index < -0.39 is 0 Å². The molecule has 0 bridgehead atoms. The molecule has 0 amide bonds. The SMILES string of the molecule is CC(C)C(N)CC(=O)OC1CCN(C)CC1. The Morgan fingerprint density at radius 2 is 2.00 bits per heavy atom. The van der Waals surface area contributed by atoms with E-state index in [1.165, 1.54) is 0 Å². The van der Waals surface area contributed by atoms with Crippen molar-refractivity contribution in [3.8, 4) is 0 Å². The van der Waals surface area contributed by atoms with Crippen LogP contribution in [0.3, 0.4) is 0 Å². The van der Waals surface area contributed by atoms with Crippen LogP contribution in [-0.2, 0) is 9.53 Å². The van der Waals surface area contributed by atoms with Crippen molar-refractivity contribution < 1.29 is 9.53 Å². The monoisotopic (exact) mass is 228 g/mol. The number of esters is 1. The van der Waals surface area contributed by atoms with Crippen molar-refractivity contribution in [3.63, 3.8) is 0 Å². The molecular weight excluding hydrogens is 204 g/mol. The van der Waals surface area contributed by atoms with E-state index in [0.29, 0.717) is 12.3 Å². The van der Waals surface area contributed by atoms with E-state index in [9.17, 15) is 4.79 Å². The standard InChI is InChI=1S/C12H24N2O2/c1-9(2)11(13)8-12(15)16-10-4-6-14(3)7-5-10/h9-11H,4-8,13H2,1-3H3. The van der Waals surface area contributed by atoms with Crippen LogP contribution in [-0.4, -0.2) is 43.2 Å². The number of rotatable bonds is 4. The van der Waals surface area contributed by atoms with Gasteiger partial charge in [0.15, 0.2) is 0 Å². The molecule has 1 saturated heterocycles. The van der Waals surface area contributed by atoms with Gasteiger partial charge in [0.05, 0.1) is 6.42 Å². The Kier molecular flexibility index (Phi) is 5.22. The van der Waals surface area contributed by atoms with Crippen molar-refractivity contribution >= 4 is 5.97 Å². The number of carbonyl (C=O) groups is 1. The van der Waals surface area contributed by atoms with Gasteiger partial charge in [0.1, 0.15) is 6.10 Å². The summed E-state index contributed by atoms with van der Waals surface area (Å²) in [5, 5.41) is 0. The molecule has 16 heavy (non-hydrogen) atoms. The number of likely N-dealkylation sites (tertiary alicyclic amines) is 1. The molecule has 0 aromatic rings. The highest BCUT2D eigenvalue weighted by molar-refractivity contribution is 5.70. The normalized spacial score (nSPS) is 21.1. The fourth-order valence-corrected chi connectivity index (χ4v) is 1.76. The summed E-state index contributed by atoms with van der Waals surface area (Å²) in [7, 11) is 2.09. The number of nitrogens with zero attached hydrogens (tertiary/aromatic N) is 1. The Balaban J connectivity index is 2.24. The van der Waals surface area contributed by atoms with Crippen LogP contribution in [0.1, 0.15) is 33.1 Å². The van der Waals surface area contributed by atoms with Crippen LogP contribution in [0.25, 0.3) is 0 Å². The fourth-order valence-electron chi connectivity index (χ4n) is 1.76. The molecule has 2 N–H and O–H groups in total. The summed E-state index contributed by atoms with van der Waals surface area (Å²) < 4.78 is 5.41. The molecule has 0 radical (unpaired) electrons. The smallest absolute Gasteiger partial charge is 0.307 e. The van der Waals surface area contributed by atoms with Gasteiger partial charge >= 0.3 is 5.97 Å². The third-order valence-corrected chi connectivity index (χ3v) is 3.22. The van der Waals surface area contributed by atoms with E-state index in [-0.39, 0.29) is 18.1 Å². The molecule has 1 aliphatic rings. The summed E-state index contributed by atoms with van der Waals surface area (Å²) in [5.74, 6) is 0.181. The highest BCUT2D eigenvalue weighted by atomic mass is 16.5. The number of hydrogen-bond acceptors (Lipinski definition) is 4. The zero-order valence-electron chi connectivity index (χ0n) is 10.6. The molecule has 4 heteroatoms. The number of piperidine rings is 1. The lowest BCUT2D eigenvalue weighted by atomic mass is 10.0. The molecule has 4 nitrogen and oxygen atoms in total. The number of ether oxygens (including phenoxy) is 1. The number of carbonyl (C=O) groups excluding carboxylic acids is 1. The minimum atomic E-state index is -0.143. The quantitative estimate of drug-likeness (QED) is 0.729. The van der Waals surface area contributed by atoms with E-state index in [1.807, 2.05) is 13.8 Å². The van der Waals surface area contributed by atoms with Gasteiger partial charge < -0.3 is 15.4 Å². The van der Waals surface area contributed by atoms with Crippen molar-refractivity contribution in [3.05, 3.63) is 0 Å². The summed E-state index contributed by atoms with van der Waals surface area (Å²) in [6.45, 7) is 6.06. The second-order valence-electron chi connectivity index (χ2n) is 5.10. The maximum absolute atomic E-state index is 11.6. The average molecular weight is 228 g/mol. The lowest BCUT2D eigenvalue weighted by Crippen LogP contribution is -2.37. The molecule has 1 heterocycles. The van der Waals surface area contributed by atoms with E-state index in [1.54, 1.807) is 0 Å². The number of nitrogens with two attached hydrogens (primary N) is 1. The zero-order valence-corrected chi connectivity index (χ0v) is 10.6. The molecule has 0 spiro atoms. The van der Waals surface area contributed by atoms with Gasteiger partial charge in [-0.1, -0.05) is 13.8 Å². The molecule has 0 aromatic heterocycles. The molecule has 0 aromatic carbocycles. The van der Waals surface area contributed by atoms with Crippen molar-refractivity contribution in [2.75, 3.05) is 20.1 Å². The minimum absolute atomic E-state index is 0.0845.